The maximum atomic E-state index is 12.1. The number of nitrogens with one attached hydrogen (secondary N) is 1. The van der Waals surface area contributed by atoms with E-state index in [1.165, 1.54) is 0 Å². The van der Waals surface area contributed by atoms with Crippen LogP contribution in [0.1, 0.15) is 31.7 Å². The Hall–Kier alpha value is -1.42. The van der Waals surface area contributed by atoms with Crippen molar-refractivity contribution in [2.75, 3.05) is 6.54 Å². The average Bonchev–Trinajstić information content (AvgIpc) is 2.38. The zero-order chi connectivity index (χ0) is 13.5. The third kappa shape index (κ3) is 4.11. The molecule has 0 aliphatic rings. The minimum Gasteiger partial charge on any atom is -0.393 e. The van der Waals surface area contributed by atoms with E-state index in [2.05, 4.69) is 5.32 Å². The summed E-state index contributed by atoms with van der Waals surface area (Å²) in [5.74, 6) is -0.0474. The van der Waals surface area contributed by atoms with E-state index >= 15 is 0 Å². The molecule has 0 spiro atoms. The van der Waals surface area contributed by atoms with Gasteiger partial charge in [0.1, 0.15) is 0 Å². The number of hydrogen-bond acceptors (Lipinski definition) is 2. The Labute approximate surface area is 114 Å². The van der Waals surface area contributed by atoms with E-state index in [4.69, 9.17) is 18.0 Å². The molecule has 98 valence electrons. The summed E-state index contributed by atoms with van der Waals surface area (Å²) in [5, 5.41) is 2.91. The number of nitrogens with two attached hydrogens (primary N) is 1. The van der Waals surface area contributed by atoms with Crippen molar-refractivity contribution in [2.45, 2.75) is 26.2 Å². The van der Waals surface area contributed by atoms with Crippen LogP contribution in [0, 0.1) is 5.92 Å². The van der Waals surface area contributed by atoms with Crippen LogP contribution in [0.4, 0.5) is 0 Å². The summed E-state index contributed by atoms with van der Waals surface area (Å²) >= 11 is 4.88. The highest BCUT2D eigenvalue weighted by molar-refractivity contribution is 7.80. The Morgan fingerprint density at radius 3 is 2.50 bits per heavy atom. The monoisotopic (exact) mass is 264 g/mol. The van der Waals surface area contributed by atoms with E-state index in [1.54, 1.807) is 0 Å². The first-order chi connectivity index (χ1) is 8.56. The van der Waals surface area contributed by atoms with Gasteiger partial charge in [-0.2, -0.15) is 0 Å². The summed E-state index contributed by atoms with van der Waals surface area (Å²) in [7, 11) is 0. The zero-order valence-corrected chi connectivity index (χ0v) is 11.7. The van der Waals surface area contributed by atoms with Crippen molar-refractivity contribution >= 4 is 23.1 Å². The Kier molecular flexibility index (Phi) is 5.78. The van der Waals surface area contributed by atoms with Gasteiger partial charge in [0.15, 0.2) is 0 Å². The average molecular weight is 264 g/mol. The Balaban J connectivity index is 2.61. The van der Waals surface area contributed by atoms with Gasteiger partial charge >= 0.3 is 0 Å². The molecule has 0 saturated carbocycles. The predicted octanol–water partition coefficient (Wildman–Crippen LogP) is 2.22. The molecule has 0 bridgehead atoms. The molecule has 1 aromatic carbocycles. The van der Waals surface area contributed by atoms with Gasteiger partial charge in [-0.25, -0.2) is 0 Å². The maximum absolute atomic E-state index is 12.1. The van der Waals surface area contributed by atoms with Crippen LogP contribution >= 0.6 is 12.2 Å². The lowest BCUT2D eigenvalue weighted by Gasteiger charge is -2.17. The highest BCUT2D eigenvalue weighted by Gasteiger charge is 2.18. The van der Waals surface area contributed by atoms with Crippen LogP contribution < -0.4 is 11.1 Å². The van der Waals surface area contributed by atoms with Crippen LogP contribution in [0.2, 0.25) is 0 Å². The van der Waals surface area contributed by atoms with Gasteiger partial charge in [-0.15, -0.1) is 0 Å². The van der Waals surface area contributed by atoms with Crippen LogP contribution in [0.5, 0.6) is 0 Å². The lowest BCUT2D eigenvalue weighted by Crippen LogP contribution is -2.36. The second-order valence-electron chi connectivity index (χ2n) is 4.42. The quantitative estimate of drug-likeness (QED) is 0.775. The molecular formula is C14H20N2OS. The summed E-state index contributed by atoms with van der Waals surface area (Å²) in [6.07, 6.45) is 0.775. The highest BCUT2D eigenvalue weighted by atomic mass is 32.1. The topological polar surface area (TPSA) is 55.1 Å². The van der Waals surface area contributed by atoms with Crippen LogP contribution in [0.25, 0.3) is 0 Å². The molecule has 1 amide bonds. The van der Waals surface area contributed by atoms with Gasteiger partial charge in [-0.3, -0.25) is 4.79 Å². The van der Waals surface area contributed by atoms with Crippen LogP contribution in [0.3, 0.4) is 0 Å². The molecule has 0 saturated heterocycles. The number of hydrogen-bond donors (Lipinski definition) is 2. The molecular weight excluding hydrogens is 244 g/mol. The molecule has 4 heteroatoms. The van der Waals surface area contributed by atoms with E-state index in [-0.39, 0.29) is 17.7 Å². The molecule has 2 unspecified atom stereocenters. The number of thiocarbonyl (C=S) groups is 1. The Bertz CT molecular complexity index is 406. The number of benzene rings is 1. The summed E-state index contributed by atoms with van der Waals surface area (Å²) in [4.78, 5) is 12.5. The first-order valence-electron chi connectivity index (χ1n) is 6.18. The van der Waals surface area contributed by atoms with Crippen LogP contribution in [-0.4, -0.2) is 17.4 Å². The Morgan fingerprint density at radius 1 is 1.39 bits per heavy atom. The molecule has 18 heavy (non-hydrogen) atoms. The van der Waals surface area contributed by atoms with Gasteiger partial charge in [-0.05, 0) is 12.0 Å². The molecule has 0 heterocycles. The molecule has 0 aromatic heterocycles. The Morgan fingerprint density at radius 2 is 2.00 bits per heavy atom. The fraction of sp³-hybridized carbons (Fsp3) is 0.429. The van der Waals surface area contributed by atoms with E-state index in [9.17, 15) is 4.79 Å². The highest BCUT2D eigenvalue weighted by Crippen LogP contribution is 2.19. The standard InChI is InChI=1S/C14H20N2OS/c1-3-12(11-7-5-4-6-8-11)14(17)16-9-10(2)13(15)18/h4-8,10,12H,3,9H2,1-2H3,(H2,15,18)(H,16,17). The molecule has 0 aliphatic carbocycles. The van der Waals surface area contributed by atoms with Gasteiger partial charge in [-0.1, -0.05) is 56.4 Å². The van der Waals surface area contributed by atoms with Gasteiger partial charge in [0.25, 0.3) is 0 Å². The van der Waals surface area contributed by atoms with Crippen molar-refractivity contribution in [3.8, 4) is 0 Å². The fourth-order valence-electron chi connectivity index (χ4n) is 1.74. The van der Waals surface area contributed by atoms with Crippen LogP contribution in [0.15, 0.2) is 30.3 Å². The predicted molar refractivity (Wildman–Crippen MR) is 78.4 cm³/mol. The molecule has 3 N–H and O–H groups in total. The lowest BCUT2D eigenvalue weighted by atomic mass is 9.95. The number of amides is 1. The zero-order valence-electron chi connectivity index (χ0n) is 10.8. The van der Waals surface area contributed by atoms with Gasteiger partial charge in [0, 0.05) is 12.5 Å². The molecule has 1 rings (SSSR count). The minimum absolute atomic E-state index is 0.0252. The van der Waals surface area contributed by atoms with E-state index < -0.39 is 0 Å². The normalized spacial score (nSPS) is 13.7. The summed E-state index contributed by atoms with van der Waals surface area (Å²) in [6, 6.07) is 9.80. The number of rotatable bonds is 6. The van der Waals surface area contributed by atoms with Crippen molar-refractivity contribution < 1.29 is 4.79 Å². The molecule has 0 aliphatic heterocycles. The molecule has 3 nitrogen and oxygen atoms in total. The van der Waals surface area contributed by atoms with E-state index in [0.717, 1.165) is 12.0 Å². The second-order valence-corrected chi connectivity index (χ2v) is 4.89. The third-order valence-corrected chi connectivity index (χ3v) is 3.40. The maximum Gasteiger partial charge on any atom is 0.227 e. The van der Waals surface area contributed by atoms with Crippen molar-refractivity contribution in [1.29, 1.82) is 0 Å². The van der Waals surface area contributed by atoms with Crippen molar-refractivity contribution in [1.82, 2.24) is 5.32 Å². The van der Waals surface area contributed by atoms with Gasteiger partial charge in [0.05, 0.1) is 10.9 Å². The first-order valence-corrected chi connectivity index (χ1v) is 6.59. The van der Waals surface area contributed by atoms with E-state index in [0.29, 0.717) is 11.5 Å². The van der Waals surface area contributed by atoms with Gasteiger partial charge in [0.2, 0.25) is 5.91 Å². The van der Waals surface area contributed by atoms with Crippen molar-refractivity contribution in [2.24, 2.45) is 11.7 Å². The fourth-order valence-corrected chi connectivity index (χ4v) is 1.82. The third-order valence-electron chi connectivity index (χ3n) is 2.99. The summed E-state index contributed by atoms with van der Waals surface area (Å²) < 4.78 is 0. The van der Waals surface area contributed by atoms with E-state index in [1.807, 2.05) is 44.2 Å². The van der Waals surface area contributed by atoms with Crippen molar-refractivity contribution in [3.63, 3.8) is 0 Å². The van der Waals surface area contributed by atoms with Crippen molar-refractivity contribution in [3.05, 3.63) is 35.9 Å². The smallest absolute Gasteiger partial charge is 0.227 e. The second kappa shape index (κ2) is 7.11. The SMILES string of the molecule is CCC(C(=O)NCC(C)C(N)=S)c1ccccc1. The molecule has 1 aromatic rings. The largest absolute Gasteiger partial charge is 0.393 e. The van der Waals surface area contributed by atoms with Gasteiger partial charge < -0.3 is 11.1 Å². The van der Waals surface area contributed by atoms with Crippen LogP contribution in [-0.2, 0) is 4.79 Å². The number of carbonyl (C=O) groups excluding carboxylic acids is 1. The summed E-state index contributed by atoms with van der Waals surface area (Å²) in [5.41, 5.74) is 6.56. The lowest BCUT2D eigenvalue weighted by molar-refractivity contribution is -0.122. The number of carbonyl (C=O) groups is 1. The molecule has 2 atom stereocenters. The minimum atomic E-state index is -0.107. The molecule has 0 fully saturated rings. The summed E-state index contributed by atoms with van der Waals surface area (Å²) in [6.45, 7) is 4.41. The first kappa shape index (κ1) is 14.6. The molecule has 0 radical (unpaired) electrons.